The van der Waals surface area contributed by atoms with Gasteiger partial charge in [0.25, 0.3) is 0 Å². The summed E-state index contributed by atoms with van der Waals surface area (Å²) in [6.07, 6.45) is -2.76. The van der Waals surface area contributed by atoms with Gasteiger partial charge in [0, 0.05) is 0 Å². The Morgan fingerprint density at radius 2 is 1.79 bits per heavy atom. The van der Waals surface area contributed by atoms with Crippen LogP contribution in [0.1, 0.15) is 34.1 Å². The topological polar surface area (TPSA) is 59.0 Å². The summed E-state index contributed by atoms with van der Waals surface area (Å²) in [5.74, 6) is 0. The van der Waals surface area contributed by atoms with Crippen molar-refractivity contribution in [3.8, 4) is 6.07 Å². The molecule has 0 aromatic carbocycles. The van der Waals surface area contributed by atoms with Gasteiger partial charge in [-0.1, -0.05) is 0 Å². The van der Waals surface area contributed by atoms with Gasteiger partial charge < -0.3 is 0 Å². The van der Waals surface area contributed by atoms with Gasteiger partial charge in [-0.3, -0.25) is 0 Å². The summed E-state index contributed by atoms with van der Waals surface area (Å²) in [6, 6.07) is 2.02. The minimum absolute atomic E-state index is 0.0985. The molecule has 84 valence electrons. The van der Waals surface area contributed by atoms with Crippen molar-refractivity contribution in [2.75, 3.05) is 6.61 Å². The van der Waals surface area contributed by atoms with Crippen molar-refractivity contribution in [2.45, 2.75) is 45.4 Å². The van der Waals surface area contributed by atoms with E-state index in [-0.39, 0.29) is 11.3 Å². The van der Waals surface area contributed by atoms with Gasteiger partial charge in [0.2, 0.25) is 0 Å². The zero-order valence-electron chi connectivity index (χ0n) is 9.33. The van der Waals surface area contributed by atoms with Crippen LogP contribution in [0, 0.1) is 11.3 Å². The molecule has 0 bridgehead atoms. The molecule has 0 aromatic heterocycles. The Bertz CT molecular complexity index is 223. The van der Waals surface area contributed by atoms with E-state index in [0.717, 1.165) is 0 Å². The zero-order chi connectivity index (χ0) is 11.4. The van der Waals surface area contributed by atoms with Gasteiger partial charge in [0.05, 0.1) is 0 Å². The fraction of sp³-hybridized carbons (Fsp3) is 0.889. The molecule has 0 spiro atoms. The van der Waals surface area contributed by atoms with Crippen molar-refractivity contribution >= 4 is 17.6 Å². The zero-order valence-corrected chi connectivity index (χ0v) is 11.0. The van der Waals surface area contributed by atoms with Crippen LogP contribution in [0.15, 0.2) is 0 Å². The van der Waals surface area contributed by atoms with Crippen molar-refractivity contribution in [1.82, 2.24) is 0 Å². The van der Waals surface area contributed by atoms with E-state index in [0.29, 0.717) is 13.0 Å². The minimum atomic E-state index is -3.09. The van der Waals surface area contributed by atoms with Gasteiger partial charge in [-0.2, -0.15) is 0 Å². The first kappa shape index (κ1) is 14.1. The van der Waals surface area contributed by atoms with Crippen molar-refractivity contribution in [1.29, 1.82) is 5.26 Å². The van der Waals surface area contributed by atoms with Crippen LogP contribution in [-0.2, 0) is 4.52 Å². The third-order valence-electron chi connectivity index (χ3n) is 2.58. The van der Waals surface area contributed by atoms with Gasteiger partial charge in [-0.05, 0) is 0 Å². The molecule has 0 rings (SSSR count). The fourth-order valence-electron chi connectivity index (χ4n) is 1.18. The maximum atomic E-state index is 8.42. The maximum absolute atomic E-state index is 8.42. The first-order valence-corrected chi connectivity index (χ1v) is 8.07. The van der Waals surface area contributed by atoms with Crippen molar-refractivity contribution in [2.24, 2.45) is 5.50 Å². The van der Waals surface area contributed by atoms with Gasteiger partial charge in [-0.25, -0.2) is 0 Å². The Kier molecular flexibility index (Phi) is 4.81. The van der Waals surface area contributed by atoms with Gasteiger partial charge >= 0.3 is 91.0 Å². The van der Waals surface area contributed by atoms with Crippen molar-refractivity contribution < 1.29 is 4.52 Å². The molecule has 0 fully saturated rings. The second kappa shape index (κ2) is 4.77. The molecular formula is C9H20ClN2OP. The summed E-state index contributed by atoms with van der Waals surface area (Å²) in [6.45, 7) is 8.20. The average Bonchev–Trinajstić information content (AvgIpc) is 2.04. The molecule has 5 heteroatoms. The standard InChI is InChI=1S/C9H20ClN2OP/c1-8(2)14(10,12,9(3)4)13-7-5-6-11/h8-9H,5,7,12H2,1-4H3. The molecule has 3 nitrogen and oxygen atoms in total. The molecule has 0 aliphatic carbocycles. The van der Waals surface area contributed by atoms with E-state index < -0.39 is 6.33 Å². The molecule has 0 radical (unpaired) electrons. The Morgan fingerprint density at radius 3 is 2.07 bits per heavy atom. The summed E-state index contributed by atoms with van der Waals surface area (Å²) in [7, 11) is 0. The molecule has 2 N–H and O–H groups in total. The van der Waals surface area contributed by atoms with Crippen molar-refractivity contribution in [3.63, 3.8) is 0 Å². The third kappa shape index (κ3) is 2.81. The number of hydrogen-bond donors (Lipinski definition) is 1. The normalized spacial score (nSPS) is 15.2. The molecule has 0 aliphatic heterocycles. The van der Waals surface area contributed by atoms with Gasteiger partial charge in [-0.15, -0.1) is 0 Å². The van der Waals surface area contributed by atoms with Crippen LogP contribution < -0.4 is 5.50 Å². The number of nitriles is 1. The van der Waals surface area contributed by atoms with E-state index in [1.165, 1.54) is 0 Å². The van der Waals surface area contributed by atoms with E-state index in [9.17, 15) is 0 Å². The molecule has 0 atom stereocenters. The number of rotatable bonds is 5. The van der Waals surface area contributed by atoms with Gasteiger partial charge in [0.1, 0.15) is 0 Å². The predicted molar refractivity (Wildman–Crippen MR) is 63.4 cm³/mol. The van der Waals surface area contributed by atoms with Crippen LogP contribution >= 0.6 is 17.6 Å². The molecule has 0 unspecified atom stereocenters. The molecule has 0 aliphatic rings. The Morgan fingerprint density at radius 1 is 1.36 bits per heavy atom. The summed E-state index contributed by atoms with van der Waals surface area (Å²) < 4.78 is 5.63. The Labute approximate surface area is 91.4 Å². The van der Waals surface area contributed by atoms with E-state index in [4.69, 9.17) is 26.5 Å². The molecule has 0 aromatic rings. The third-order valence-corrected chi connectivity index (χ3v) is 9.95. The van der Waals surface area contributed by atoms with E-state index in [2.05, 4.69) is 0 Å². The monoisotopic (exact) mass is 238 g/mol. The molecular weight excluding hydrogens is 219 g/mol. The number of hydrogen-bond acceptors (Lipinski definition) is 3. The van der Waals surface area contributed by atoms with Crippen LogP contribution in [0.3, 0.4) is 0 Å². The number of halogens is 1. The first-order chi connectivity index (χ1) is 6.24. The molecule has 0 saturated heterocycles. The quantitative estimate of drug-likeness (QED) is 0.591. The fourth-order valence-corrected chi connectivity index (χ4v) is 3.65. The number of nitrogens with zero attached hydrogens (tertiary/aromatic N) is 1. The van der Waals surface area contributed by atoms with E-state index in [1.54, 1.807) is 0 Å². The Balaban J connectivity index is 4.66. The van der Waals surface area contributed by atoms with Gasteiger partial charge in [0.15, 0.2) is 0 Å². The summed E-state index contributed by atoms with van der Waals surface area (Å²) in [5, 5.41) is 8.42. The molecule has 0 amide bonds. The summed E-state index contributed by atoms with van der Waals surface area (Å²) in [4.78, 5) is 0. The Hall–Kier alpha value is 0.130. The number of nitrogens with two attached hydrogens (primary N) is 1. The van der Waals surface area contributed by atoms with Crippen molar-refractivity contribution in [3.05, 3.63) is 0 Å². The molecule has 0 heterocycles. The van der Waals surface area contributed by atoms with E-state index in [1.807, 2.05) is 33.8 Å². The average molecular weight is 239 g/mol. The van der Waals surface area contributed by atoms with Crippen LogP contribution in [0.25, 0.3) is 0 Å². The predicted octanol–water partition coefficient (Wildman–Crippen LogP) is 3.23. The van der Waals surface area contributed by atoms with Crippen LogP contribution in [0.4, 0.5) is 0 Å². The first-order valence-electron chi connectivity index (χ1n) is 4.80. The molecule has 14 heavy (non-hydrogen) atoms. The summed E-state index contributed by atoms with van der Waals surface area (Å²) in [5.41, 5.74) is 6.43. The van der Waals surface area contributed by atoms with Crippen LogP contribution in [0.2, 0.25) is 0 Å². The van der Waals surface area contributed by atoms with Crippen LogP contribution in [-0.4, -0.2) is 17.9 Å². The van der Waals surface area contributed by atoms with Crippen LogP contribution in [0.5, 0.6) is 0 Å². The second-order valence-electron chi connectivity index (χ2n) is 4.05. The van der Waals surface area contributed by atoms with E-state index >= 15 is 0 Å². The molecule has 0 saturated carbocycles. The second-order valence-corrected chi connectivity index (χ2v) is 10.8. The SMILES string of the molecule is CC(C)P(N)(Cl)(OCCC#N)C(C)C. The summed E-state index contributed by atoms with van der Waals surface area (Å²) >= 11 is 6.48.